The molecular weight excluding hydrogens is 218 g/mol. The van der Waals surface area contributed by atoms with Gasteiger partial charge in [0.2, 0.25) is 0 Å². The first-order chi connectivity index (χ1) is 8.26. The maximum Gasteiger partial charge on any atom is 0.329 e. The number of carbonyl (C=O) groups excluding carboxylic acids is 1. The van der Waals surface area contributed by atoms with Gasteiger partial charge >= 0.3 is 5.97 Å². The molecule has 1 fully saturated rings. The SMILES string of the molecule is CCn1cncc1C(NCC1CC1)C(=O)OC. The van der Waals surface area contributed by atoms with Crippen LogP contribution in [-0.2, 0) is 16.1 Å². The highest BCUT2D eigenvalue weighted by Crippen LogP contribution is 2.28. The Morgan fingerprint density at radius 2 is 2.47 bits per heavy atom. The number of nitrogens with one attached hydrogen (secondary N) is 1. The summed E-state index contributed by atoms with van der Waals surface area (Å²) in [6, 6.07) is -0.400. The molecule has 0 aliphatic heterocycles. The van der Waals surface area contributed by atoms with Gasteiger partial charge in [-0.2, -0.15) is 0 Å². The first kappa shape index (κ1) is 12.1. The molecule has 17 heavy (non-hydrogen) atoms. The number of aryl methyl sites for hydroxylation is 1. The maximum atomic E-state index is 11.8. The molecule has 1 heterocycles. The second-order valence-electron chi connectivity index (χ2n) is 4.41. The molecule has 1 unspecified atom stereocenters. The first-order valence-corrected chi connectivity index (χ1v) is 6.07. The number of hydrogen-bond acceptors (Lipinski definition) is 4. The maximum absolute atomic E-state index is 11.8. The molecule has 1 aromatic rings. The summed E-state index contributed by atoms with van der Waals surface area (Å²) in [5.41, 5.74) is 0.875. The first-order valence-electron chi connectivity index (χ1n) is 6.07. The van der Waals surface area contributed by atoms with E-state index in [-0.39, 0.29) is 5.97 Å². The molecule has 0 bridgehead atoms. The fraction of sp³-hybridized carbons (Fsp3) is 0.667. The average Bonchev–Trinajstić information content (AvgIpc) is 3.06. The van der Waals surface area contributed by atoms with Crippen LogP contribution in [0.4, 0.5) is 0 Å². The van der Waals surface area contributed by atoms with E-state index in [9.17, 15) is 4.79 Å². The summed E-state index contributed by atoms with van der Waals surface area (Å²) in [6.07, 6.45) is 5.98. The van der Waals surface area contributed by atoms with Crippen molar-refractivity contribution in [3.63, 3.8) is 0 Å². The number of esters is 1. The zero-order valence-corrected chi connectivity index (χ0v) is 10.3. The summed E-state index contributed by atoms with van der Waals surface area (Å²) in [6.45, 7) is 3.70. The van der Waals surface area contributed by atoms with Crippen molar-refractivity contribution in [2.24, 2.45) is 5.92 Å². The molecule has 5 heteroatoms. The van der Waals surface area contributed by atoms with Gasteiger partial charge in [-0.1, -0.05) is 0 Å². The van der Waals surface area contributed by atoms with Crippen LogP contribution >= 0.6 is 0 Å². The molecule has 0 spiro atoms. The van der Waals surface area contributed by atoms with E-state index < -0.39 is 6.04 Å². The standard InChI is InChI=1S/C12H19N3O2/c1-3-15-8-13-7-10(15)11(12(16)17-2)14-6-9-4-5-9/h7-9,11,14H,3-6H2,1-2H3. The van der Waals surface area contributed by atoms with E-state index in [1.54, 1.807) is 12.5 Å². The minimum Gasteiger partial charge on any atom is -0.468 e. The Bertz CT molecular complexity index is 385. The molecule has 1 N–H and O–H groups in total. The minimum absolute atomic E-state index is 0.249. The van der Waals surface area contributed by atoms with Crippen molar-refractivity contribution in [3.05, 3.63) is 18.2 Å². The number of hydrogen-bond donors (Lipinski definition) is 1. The molecule has 0 saturated heterocycles. The molecule has 5 nitrogen and oxygen atoms in total. The summed E-state index contributed by atoms with van der Waals surface area (Å²) in [5.74, 6) is 0.473. The normalized spacial score (nSPS) is 16.8. The Hall–Kier alpha value is -1.36. The highest BCUT2D eigenvalue weighted by molar-refractivity contribution is 5.76. The molecule has 1 aliphatic carbocycles. The van der Waals surface area contributed by atoms with E-state index in [0.717, 1.165) is 24.7 Å². The van der Waals surface area contributed by atoms with E-state index in [1.807, 2.05) is 11.5 Å². The molecule has 0 radical (unpaired) electrons. The predicted octanol–water partition coefficient (Wildman–Crippen LogP) is 1.12. The van der Waals surface area contributed by atoms with Crippen LogP contribution in [0.5, 0.6) is 0 Å². The lowest BCUT2D eigenvalue weighted by Crippen LogP contribution is -2.32. The predicted molar refractivity (Wildman–Crippen MR) is 63.4 cm³/mol. The van der Waals surface area contributed by atoms with Gasteiger partial charge in [0.05, 0.1) is 25.3 Å². The van der Waals surface area contributed by atoms with Gasteiger partial charge in [0.1, 0.15) is 6.04 Å². The number of methoxy groups -OCH3 is 1. The van der Waals surface area contributed by atoms with Gasteiger partial charge in [0.15, 0.2) is 0 Å². The molecule has 1 saturated carbocycles. The zero-order valence-electron chi connectivity index (χ0n) is 10.3. The molecule has 1 aliphatic rings. The third-order valence-electron chi connectivity index (χ3n) is 3.13. The highest BCUT2D eigenvalue weighted by Gasteiger charge is 2.28. The third-order valence-corrected chi connectivity index (χ3v) is 3.13. The Kier molecular flexibility index (Phi) is 3.78. The number of ether oxygens (including phenoxy) is 1. The lowest BCUT2D eigenvalue weighted by Gasteiger charge is -2.17. The number of aromatic nitrogens is 2. The summed E-state index contributed by atoms with van der Waals surface area (Å²) in [7, 11) is 1.42. The van der Waals surface area contributed by atoms with Gasteiger partial charge in [0.25, 0.3) is 0 Å². The monoisotopic (exact) mass is 237 g/mol. The van der Waals surface area contributed by atoms with Gasteiger partial charge in [0, 0.05) is 6.54 Å². The fourth-order valence-corrected chi connectivity index (χ4v) is 1.87. The van der Waals surface area contributed by atoms with Gasteiger partial charge in [-0.25, -0.2) is 9.78 Å². The van der Waals surface area contributed by atoms with Crippen molar-refractivity contribution in [1.82, 2.24) is 14.9 Å². The van der Waals surface area contributed by atoms with Crippen molar-refractivity contribution in [3.8, 4) is 0 Å². The molecule has 1 aromatic heterocycles. The molecule has 94 valence electrons. The third kappa shape index (κ3) is 2.85. The van der Waals surface area contributed by atoms with Crippen LogP contribution < -0.4 is 5.32 Å². The lowest BCUT2D eigenvalue weighted by molar-refractivity contribution is -0.143. The van der Waals surface area contributed by atoms with Crippen LogP contribution in [-0.4, -0.2) is 29.2 Å². The number of imidazole rings is 1. The van der Waals surface area contributed by atoms with Gasteiger partial charge < -0.3 is 9.30 Å². The highest BCUT2D eigenvalue weighted by atomic mass is 16.5. The molecule has 2 rings (SSSR count). The molecular formula is C12H19N3O2. The molecule has 1 atom stereocenters. The van der Waals surface area contributed by atoms with Crippen LogP contribution in [0.25, 0.3) is 0 Å². The second kappa shape index (κ2) is 5.31. The quantitative estimate of drug-likeness (QED) is 0.753. The van der Waals surface area contributed by atoms with Crippen molar-refractivity contribution in [2.45, 2.75) is 32.4 Å². The van der Waals surface area contributed by atoms with Crippen molar-refractivity contribution < 1.29 is 9.53 Å². The minimum atomic E-state index is -0.400. The zero-order chi connectivity index (χ0) is 12.3. The second-order valence-corrected chi connectivity index (χ2v) is 4.41. The summed E-state index contributed by atoms with van der Waals surface area (Å²) >= 11 is 0. The van der Waals surface area contributed by atoms with E-state index in [2.05, 4.69) is 10.3 Å². The van der Waals surface area contributed by atoms with E-state index in [0.29, 0.717) is 0 Å². The summed E-state index contributed by atoms with van der Waals surface area (Å²) in [4.78, 5) is 15.9. The van der Waals surface area contributed by atoms with Crippen molar-refractivity contribution in [1.29, 1.82) is 0 Å². The number of nitrogens with zero attached hydrogens (tertiary/aromatic N) is 2. The smallest absolute Gasteiger partial charge is 0.329 e. The van der Waals surface area contributed by atoms with E-state index in [1.165, 1.54) is 20.0 Å². The summed E-state index contributed by atoms with van der Waals surface area (Å²) in [5, 5.41) is 3.27. The Labute approximate surface area is 101 Å². The lowest BCUT2D eigenvalue weighted by atomic mass is 10.2. The van der Waals surface area contributed by atoms with E-state index >= 15 is 0 Å². The Morgan fingerprint density at radius 3 is 3.06 bits per heavy atom. The largest absolute Gasteiger partial charge is 0.468 e. The number of rotatable bonds is 6. The summed E-state index contributed by atoms with van der Waals surface area (Å²) < 4.78 is 6.81. The van der Waals surface area contributed by atoms with Gasteiger partial charge in [-0.15, -0.1) is 0 Å². The Balaban J connectivity index is 2.09. The average molecular weight is 237 g/mol. The molecule has 0 aromatic carbocycles. The fourth-order valence-electron chi connectivity index (χ4n) is 1.87. The topological polar surface area (TPSA) is 56.2 Å². The van der Waals surface area contributed by atoms with Crippen LogP contribution in [0.3, 0.4) is 0 Å². The van der Waals surface area contributed by atoms with E-state index in [4.69, 9.17) is 4.74 Å². The van der Waals surface area contributed by atoms with Crippen LogP contribution in [0.15, 0.2) is 12.5 Å². The van der Waals surface area contributed by atoms with Gasteiger partial charge in [-0.05, 0) is 32.2 Å². The van der Waals surface area contributed by atoms with Crippen LogP contribution in [0.1, 0.15) is 31.5 Å². The Morgan fingerprint density at radius 1 is 1.71 bits per heavy atom. The molecule has 0 amide bonds. The van der Waals surface area contributed by atoms with Gasteiger partial charge in [-0.3, -0.25) is 5.32 Å². The van der Waals surface area contributed by atoms with Crippen LogP contribution in [0, 0.1) is 5.92 Å². The van der Waals surface area contributed by atoms with Crippen LogP contribution in [0.2, 0.25) is 0 Å². The van der Waals surface area contributed by atoms with Crippen molar-refractivity contribution in [2.75, 3.05) is 13.7 Å². The number of carbonyl (C=O) groups is 1. The van der Waals surface area contributed by atoms with Crippen molar-refractivity contribution >= 4 is 5.97 Å².